The van der Waals surface area contributed by atoms with Crippen LogP contribution in [0.5, 0.6) is 0 Å². The highest BCUT2D eigenvalue weighted by atomic mass is 16.2. The predicted octanol–water partition coefficient (Wildman–Crippen LogP) is 1.24. The lowest BCUT2D eigenvalue weighted by molar-refractivity contribution is -0.134. The predicted molar refractivity (Wildman–Crippen MR) is 63.0 cm³/mol. The van der Waals surface area contributed by atoms with Crippen molar-refractivity contribution in [2.75, 3.05) is 19.6 Å². The first-order chi connectivity index (χ1) is 7.75. The van der Waals surface area contributed by atoms with E-state index in [0.717, 1.165) is 25.6 Å². The SMILES string of the molecule is CC(C(=O)N1CC2CCCNC2C1)C1CC1. The molecule has 2 saturated heterocycles. The number of hydrogen-bond donors (Lipinski definition) is 1. The summed E-state index contributed by atoms with van der Waals surface area (Å²) in [6.45, 7) is 5.23. The normalized spacial score (nSPS) is 35.9. The summed E-state index contributed by atoms with van der Waals surface area (Å²) in [5.74, 6) is 2.12. The molecule has 3 fully saturated rings. The molecule has 90 valence electrons. The quantitative estimate of drug-likeness (QED) is 0.762. The maximum atomic E-state index is 12.3. The number of piperidine rings is 1. The summed E-state index contributed by atoms with van der Waals surface area (Å²) in [6.07, 6.45) is 5.12. The molecule has 1 amide bonds. The maximum absolute atomic E-state index is 12.3. The molecule has 2 heterocycles. The Balaban J connectivity index is 1.61. The van der Waals surface area contributed by atoms with Crippen molar-refractivity contribution in [1.82, 2.24) is 10.2 Å². The highest BCUT2D eigenvalue weighted by Crippen LogP contribution is 2.38. The van der Waals surface area contributed by atoms with E-state index >= 15 is 0 Å². The van der Waals surface area contributed by atoms with Gasteiger partial charge in [0.05, 0.1) is 0 Å². The molecule has 1 aliphatic carbocycles. The van der Waals surface area contributed by atoms with Gasteiger partial charge >= 0.3 is 0 Å². The minimum atomic E-state index is 0.278. The molecular weight excluding hydrogens is 200 g/mol. The van der Waals surface area contributed by atoms with Gasteiger partial charge in [-0.25, -0.2) is 0 Å². The molecule has 3 heteroatoms. The number of rotatable bonds is 2. The first-order valence-corrected chi connectivity index (χ1v) is 6.78. The number of carbonyl (C=O) groups is 1. The fourth-order valence-corrected chi connectivity index (χ4v) is 3.31. The number of likely N-dealkylation sites (tertiary alicyclic amines) is 1. The molecule has 2 aliphatic heterocycles. The Kier molecular flexibility index (Phi) is 2.66. The number of nitrogens with zero attached hydrogens (tertiary/aromatic N) is 1. The highest BCUT2D eigenvalue weighted by Gasteiger charge is 2.40. The Hall–Kier alpha value is -0.570. The van der Waals surface area contributed by atoms with Crippen molar-refractivity contribution in [2.45, 2.75) is 38.6 Å². The van der Waals surface area contributed by atoms with E-state index in [1.165, 1.54) is 25.7 Å². The standard InChI is InChI=1S/C13H22N2O/c1-9(10-4-5-10)13(16)15-7-11-3-2-6-14-12(11)8-15/h9-12,14H,2-8H2,1H3. The van der Waals surface area contributed by atoms with E-state index in [0.29, 0.717) is 17.9 Å². The minimum absolute atomic E-state index is 0.278. The lowest BCUT2D eigenvalue weighted by Crippen LogP contribution is -2.41. The molecule has 0 aromatic rings. The fraction of sp³-hybridized carbons (Fsp3) is 0.923. The number of fused-ring (bicyclic) bond motifs is 1. The van der Waals surface area contributed by atoms with Gasteiger partial charge in [-0.2, -0.15) is 0 Å². The van der Waals surface area contributed by atoms with Crippen molar-refractivity contribution in [3.05, 3.63) is 0 Å². The van der Waals surface area contributed by atoms with Crippen LogP contribution in [0.3, 0.4) is 0 Å². The third-order valence-corrected chi connectivity index (χ3v) is 4.63. The summed E-state index contributed by atoms with van der Waals surface area (Å²) in [5, 5.41) is 3.56. The minimum Gasteiger partial charge on any atom is -0.341 e. The van der Waals surface area contributed by atoms with Gasteiger partial charge in [-0.15, -0.1) is 0 Å². The van der Waals surface area contributed by atoms with Crippen LogP contribution in [0.15, 0.2) is 0 Å². The van der Waals surface area contributed by atoms with Gasteiger partial charge in [0.1, 0.15) is 0 Å². The molecule has 3 aliphatic rings. The van der Waals surface area contributed by atoms with Crippen molar-refractivity contribution in [1.29, 1.82) is 0 Å². The zero-order valence-corrected chi connectivity index (χ0v) is 10.1. The van der Waals surface area contributed by atoms with E-state index in [9.17, 15) is 4.79 Å². The van der Waals surface area contributed by atoms with Gasteiger partial charge in [0.25, 0.3) is 0 Å². The second kappa shape index (κ2) is 4.02. The van der Waals surface area contributed by atoms with E-state index < -0.39 is 0 Å². The lowest BCUT2D eigenvalue weighted by Gasteiger charge is -2.24. The topological polar surface area (TPSA) is 32.3 Å². The fourth-order valence-electron chi connectivity index (χ4n) is 3.31. The van der Waals surface area contributed by atoms with Crippen LogP contribution < -0.4 is 5.32 Å². The molecule has 3 nitrogen and oxygen atoms in total. The largest absolute Gasteiger partial charge is 0.341 e. The van der Waals surface area contributed by atoms with Crippen molar-refractivity contribution in [2.24, 2.45) is 17.8 Å². The van der Waals surface area contributed by atoms with Crippen molar-refractivity contribution >= 4 is 5.91 Å². The molecule has 0 aromatic heterocycles. The van der Waals surface area contributed by atoms with E-state index in [1.54, 1.807) is 0 Å². The molecule has 16 heavy (non-hydrogen) atoms. The molecule has 0 bridgehead atoms. The Labute approximate surface area is 97.6 Å². The van der Waals surface area contributed by atoms with Crippen LogP contribution in [-0.2, 0) is 4.79 Å². The number of nitrogens with one attached hydrogen (secondary N) is 1. The van der Waals surface area contributed by atoms with E-state index in [1.807, 2.05) is 0 Å². The lowest BCUT2D eigenvalue weighted by atomic mass is 9.94. The van der Waals surface area contributed by atoms with Crippen LogP contribution in [0.1, 0.15) is 32.6 Å². The van der Waals surface area contributed by atoms with Gasteiger partial charge in [0, 0.05) is 25.0 Å². The van der Waals surface area contributed by atoms with E-state index in [2.05, 4.69) is 17.1 Å². The van der Waals surface area contributed by atoms with E-state index in [-0.39, 0.29) is 5.92 Å². The summed E-state index contributed by atoms with van der Waals surface area (Å²) in [4.78, 5) is 14.4. The summed E-state index contributed by atoms with van der Waals surface area (Å²) in [5.41, 5.74) is 0. The van der Waals surface area contributed by atoms with Crippen molar-refractivity contribution in [3.8, 4) is 0 Å². The molecule has 0 spiro atoms. The summed E-state index contributed by atoms with van der Waals surface area (Å²) < 4.78 is 0. The Morgan fingerprint density at radius 3 is 2.81 bits per heavy atom. The second-order valence-corrected chi connectivity index (χ2v) is 5.83. The van der Waals surface area contributed by atoms with Crippen LogP contribution in [0.4, 0.5) is 0 Å². The monoisotopic (exact) mass is 222 g/mol. The van der Waals surface area contributed by atoms with Crippen LogP contribution in [-0.4, -0.2) is 36.5 Å². The number of amides is 1. The third-order valence-electron chi connectivity index (χ3n) is 4.63. The molecular formula is C13H22N2O. The molecule has 1 N–H and O–H groups in total. The Bertz CT molecular complexity index is 274. The molecule has 3 unspecified atom stereocenters. The zero-order valence-electron chi connectivity index (χ0n) is 10.1. The average molecular weight is 222 g/mol. The molecule has 1 saturated carbocycles. The van der Waals surface area contributed by atoms with Gasteiger partial charge in [0.2, 0.25) is 5.91 Å². The molecule has 0 radical (unpaired) electrons. The highest BCUT2D eigenvalue weighted by molar-refractivity contribution is 5.79. The Morgan fingerprint density at radius 2 is 2.12 bits per heavy atom. The van der Waals surface area contributed by atoms with Gasteiger partial charge in [-0.1, -0.05) is 6.92 Å². The number of hydrogen-bond acceptors (Lipinski definition) is 2. The average Bonchev–Trinajstić information content (AvgIpc) is 3.06. The molecule has 0 aromatic carbocycles. The van der Waals surface area contributed by atoms with Crippen molar-refractivity contribution < 1.29 is 4.79 Å². The van der Waals surface area contributed by atoms with Crippen LogP contribution in [0, 0.1) is 17.8 Å². The van der Waals surface area contributed by atoms with Crippen LogP contribution >= 0.6 is 0 Å². The summed E-state index contributed by atoms with van der Waals surface area (Å²) in [6, 6.07) is 0.587. The number of carbonyl (C=O) groups excluding carboxylic acids is 1. The third kappa shape index (κ3) is 1.86. The second-order valence-electron chi connectivity index (χ2n) is 5.83. The maximum Gasteiger partial charge on any atom is 0.225 e. The summed E-state index contributed by atoms with van der Waals surface area (Å²) in [7, 11) is 0. The van der Waals surface area contributed by atoms with Gasteiger partial charge < -0.3 is 10.2 Å². The van der Waals surface area contributed by atoms with Gasteiger partial charge in [0.15, 0.2) is 0 Å². The first-order valence-electron chi connectivity index (χ1n) is 6.78. The smallest absolute Gasteiger partial charge is 0.225 e. The molecule has 3 rings (SSSR count). The zero-order chi connectivity index (χ0) is 11.1. The molecule has 3 atom stereocenters. The Morgan fingerprint density at radius 1 is 1.31 bits per heavy atom. The van der Waals surface area contributed by atoms with Crippen LogP contribution in [0.25, 0.3) is 0 Å². The van der Waals surface area contributed by atoms with E-state index in [4.69, 9.17) is 0 Å². The van der Waals surface area contributed by atoms with Gasteiger partial charge in [-0.05, 0) is 44.1 Å². The first kappa shape index (κ1) is 10.6. The van der Waals surface area contributed by atoms with Crippen molar-refractivity contribution in [3.63, 3.8) is 0 Å². The van der Waals surface area contributed by atoms with Gasteiger partial charge in [-0.3, -0.25) is 4.79 Å². The summed E-state index contributed by atoms with van der Waals surface area (Å²) >= 11 is 0. The van der Waals surface area contributed by atoms with Crippen LogP contribution in [0.2, 0.25) is 0 Å².